The second-order valence-corrected chi connectivity index (χ2v) is 6.98. The standard InChI is InChI=1S/C21H25NO/c1-14(15-7-4-3-5-8-15)21-17-12-11-16-9-6-10-19(23-2)20(16)18(17)13-22-21/h3-10,14,17-18,21-22H,11-13H2,1-2H3/t14-,17+,18+,21?/m0/s1. The Bertz CT molecular complexity index is 667. The first-order valence-corrected chi connectivity index (χ1v) is 8.73. The molecule has 23 heavy (non-hydrogen) atoms. The summed E-state index contributed by atoms with van der Waals surface area (Å²) in [6, 6.07) is 18.0. The van der Waals surface area contributed by atoms with Gasteiger partial charge in [-0.15, -0.1) is 0 Å². The molecule has 1 heterocycles. The van der Waals surface area contributed by atoms with E-state index in [9.17, 15) is 0 Å². The van der Waals surface area contributed by atoms with Gasteiger partial charge >= 0.3 is 0 Å². The maximum Gasteiger partial charge on any atom is 0.122 e. The molecule has 0 aromatic heterocycles. The van der Waals surface area contributed by atoms with Crippen LogP contribution in [0.15, 0.2) is 48.5 Å². The van der Waals surface area contributed by atoms with Gasteiger partial charge in [0.15, 0.2) is 0 Å². The van der Waals surface area contributed by atoms with Crippen LogP contribution in [0.2, 0.25) is 0 Å². The summed E-state index contributed by atoms with van der Waals surface area (Å²) in [6.45, 7) is 3.44. The quantitative estimate of drug-likeness (QED) is 0.921. The van der Waals surface area contributed by atoms with E-state index in [0.717, 1.165) is 12.3 Å². The Labute approximate surface area is 138 Å². The molecule has 120 valence electrons. The first-order valence-electron chi connectivity index (χ1n) is 8.73. The Morgan fingerprint density at radius 1 is 1.09 bits per heavy atom. The SMILES string of the molecule is COc1cccc2c1[C@@H]1CNC([C@@H](C)c3ccccc3)[C@@H]1CC2. The number of hydrogen-bond acceptors (Lipinski definition) is 2. The minimum Gasteiger partial charge on any atom is -0.496 e. The lowest BCUT2D eigenvalue weighted by atomic mass is 9.71. The number of nitrogens with one attached hydrogen (secondary N) is 1. The van der Waals surface area contributed by atoms with Crippen molar-refractivity contribution in [3.63, 3.8) is 0 Å². The zero-order valence-electron chi connectivity index (χ0n) is 14.0. The average Bonchev–Trinajstić information content (AvgIpc) is 3.05. The molecule has 1 aliphatic heterocycles. The summed E-state index contributed by atoms with van der Waals surface area (Å²) in [7, 11) is 1.80. The van der Waals surface area contributed by atoms with E-state index in [2.05, 4.69) is 60.8 Å². The number of hydrogen-bond donors (Lipinski definition) is 1. The third-order valence-electron chi connectivity index (χ3n) is 5.91. The zero-order chi connectivity index (χ0) is 15.8. The van der Waals surface area contributed by atoms with Crippen LogP contribution in [0.4, 0.5) is 0 Å². The minimum absolute atomic E-state index is 0.544. The topological polar surface area (TPSA) is 21.3 Å². The lowest BCUT2D eigenvalue weighted by Gasteiger charge is -2.34. The van der Waals surface area contributed by atoms with Crippen LogP contribution >= 0.6 is 0 Å². The van der Waals surface area contributed by atoms with E-state index in [-0.39, 0.29) is 0 Å². The molecule has 0 spiro atoms. The normalized spacial score (nSPS) is 27.1. The summed E-state index contributed by atoms with van der Waals surface area (Å²) in [5.41, 5.74) is 4.39. The van der Waals surface area contributed by atoms with Crippen molar-refractivity contribution in [1.29, 1.82) is 0 Å². The highest BCUT2D eigenvalue weighted by Crippen LogP contribution is 2.47. The van der Waals surface area contributed by atoms with Crippen LogP contribution < -0.4 is 10.1 Å². The molecule has 2 aromatic carbocycles. The molecule has 0 amide bonds. The van der Waals surface area contributed by atoms with Gasteiger partial charge in [-0.3, -0.25) is 0 Å². The summed E-state index contributed by atoms with van der Waals surface area (Å²) in [5.74, 6) is 2.91. The molecule has 0 bridgehead atoms. The van der Waals surface area contributed by atoms with Gasteiger partial charge in [-0.25, -0.2) is 0 Å². The van der Waals surface area contributed by atoms with Gasteiger partial charge in [-0.1, -0.05) is 49.4 Å². The minimum atomic E-state index is 0.544. The molecule has 0 saturated carbocycles. The van der Waals surface area contributed by atoms with Gasteiger partial charge in [-0.2, -0.15) is 0 Å². The first kappa shape index (κ1) is 14.8. The van der Waals surface area contributed by atoms with Gasteiger partial charge in [0.05, 0.1) is 7.11 Å². The summed E-state index contributed by atoms with van der Waals surface area (Å²) >= 11 is 0. The fourth-order valence-corrected chi connectivity index (χ4v) is 4.75. The predicted octanol–water partition coefficient (Wildman–Crippen LogP) is 4.12. The van der Waals surface area contributed by atoms with Crippen molar-refractivity contribution in [2.45, 2.75) is 37.6 Å². The molecule has 4 atom stereocenters. The summed E-state index contributed by atoms with van der Waals surface area (Å²) in [5, 5.41) is 3.83. The fourth-order valence-electron chi connectivity index (χ4n) is 4.75. The monoisotopic (exact) mass is 307 g/mol. The van der Waals surface area contributed by atoms with Crippen LogP contribution in [-0.2, 0) is 6.42 Å². The second-order valence-electron chi connectivity index (χ2n) is 6.98. The van der Waals surface area contributed by atoms with E-state index < -0.39 is 0 Å². The molecule has 1 unspecified atom stereocenters. The van der Waals surface area contributed by atoms with Crippen molar-refractivity contribution in [1.82, 2.24) is 5.32 Å². The molecule has 2 nitrogen and oxygen atoms in total. The smallest absolute Gasteiger partial charge is 0.122 e. The number of aryl methyl sites for hydroxylation is 1. The molecule has 1 saturated heterocycles. The van der Waals surface area contributed by atoms with Crippen molar-refractivity contribution >= 4 is 0 Å². The van der Waals surface area contributed by atoms with Gasteiger partial charge in [0.2, 0.25) is 0 Å². The number of methoxy groups -OCH3 is 1. The molecule has 0 radical (unpaired) electrons. The van der Waals surface area contributed by atoms with Gasteiger partial charge < -0.3 is 10.1 Å². The molecular formula is C21H25NO. The Morgan fingerprint density at radius 3 is 2.70 bits per heavy atom. The lowest BCUT2D eigenvalue weighted by Crippen LogP contribution is -2.34. The highest BCUT2D eigenvalue weighted by molar-refractivity contribution is 5.46. The maximum absolute atomic E-state index is 5.67. The summed E-state index contributed by atoms with van der Waals surface area (Å²) < 4.78 is 5.67. The Kier molecular flexibility index (Phi) is 3.86. The van der Waals surface area contributed by atoms with Gasteiger partial charge in [0.25, 0.3) is 0 Å². The highest BCUT2D eigenvalue weighted by atomic mass is 16.5. The van der Waals surface area contributed by atoms with Crippen LogP contribution in [-0.4, -0.2) is 19.7 Å². The van der Waals surface area contributed by atoms with Crippen LogP contribution in [0.25, 0.3) is 0 Å². The van der Waals surface area contributed by atoms with E-state index in [1.54, 1.807) is 7.11 Å². The van der Waals surface area contributed by atoms with E-state index in [1.807, 2.05) is 0 Å². The molecule has 2 aliphatic rings. The molecule has 2 heteroatoms. The lowest BCUT2D eigenvalue weighted by molar-refractivity contribution is 0.332. The largest absolute Gasteiger partial charge is 0.496 e. The number of rotatable bonds is 3. The average molecular weight is 307 g/mol. The Hall–Kier alpha value is -1.80. The fraction of sp³-hybridized carbons (Fsp3) is 0.429. The van der Waals surface area contributed by atoms with Crippen molar-refractivity contribution in [3.05, 3.63) is 65.2 Å². The van der Waals surface area contributed by atoms with E-state index in [1.165, 1.54) is 29.5 Å². The number of ether oxygens (including phenoxy) is 1. The molecule has 1 N–H and O–H groups in total. The van der Waals surface area contributed by atoms with Crippen LogP contribution in [0, 0.1) is 5.92 Å². The van der Waals surface area contributed by atoms with Crippen molar-refractivity contribution in [2.24, 2.45) is 5.92 Å². The maximum atomic E-state index is 5.67. The highest BCUT2D eigenvalue weighted by Gasteiger charge is 2.43. The van der Waals surface area contributed by atoms with Crippen LogP contribution in [0.3, 0.4) is 0 Å². The molecule has 4 rings (SSSR count). The van der Waals surface area contributed by atoms with E-state index in [0.29, 0.717) is 23.8 Å². The van der Waals surface area contributed by atoms with Crippen LogP contribution in [0.5, 0.6) is 5.75 Å². The molecule has 2 aromatic rings. The second kappa shape index (κ2) is 6.01. The molecule has 1 fully saturated rings. The van der Waals surface area contributed by atoms with Crippen LogP contribution in [0.1, 0.15) is 41.9 Å². The van der Waals surface area contributed by atoms with E-state index in [4.69, 9.17) is 4.74 Å². The van der Waals surface area contributed by atoms with Gasteiger partial charge in [0.1, 0.15) is 5.75 Å². The Balaban J connectivity index is 1.65. The van der Waals surface area contributed by atoms with Gasteiger partial charge in [0, 0.05) is 24.1 Å². The molecule has 1 aliphatic carbocycles. The van der Waals surface area contributed by atoms with Crippen molar-refractivity contribution in [3.8, 4) is 5.75 Å². The Morgan fingerprint density at radius 2 is 1.91 bits per heavy atom. The zero-order valence-corrected chi connectivity index (χ0v) is 14.0. The van der Waals surface area contributed by atoms with Crippen molar-refractivity contribution in [2.75, 3.05) is 13.7 Å². The third-order valence-corrected chi connectivity index (χ3v) is 5.91. The van der Waals surface area contributed by atoms with E-state index >= 15 is 0 Å². The summed E-state index contributed by atoms with van der Waals surface area (Å²) in [6.07, 6.45) is 2.45. The number of fused-ring (bicyclic) bond motifs is 3. The third kappa shape index (κ3) is 2.46. The first-order chi connectivity index (χ1) is 11.3. The predicted molar refractivity (Wildman–Crippen MR) is 94.2 cm³/mol. The molecular weight excluding hydrogens is 282 g/mol. The number of benzene rings is 2. The summed E-state index contributed by atoms with van der Waals surface area (Å²) in [4.78, 5) is 0. The van der Waals surface area contributed by atoms with Gasteiger partial charge in [-0.05, 0) is 41.9 Å². The van der Waals surface area contributed by atoms with Crippen molar-refractivity contribution < 1.29 is 4.74 Å².